The molecule has 0 aliphatic rings. The Morgan fingerprint density at radius 2 is 2.05 bits per heavy atom. The topological polar surface area (TPSA) is 55.3 Å². The quantitative estimate of drug-likeness (QED) is 0.832. The summed E-state index contributed by atoms with van der Waals surface area (Å²) in [7, 11) is 1.75. The maximum absolute atomic E-state index is 12.0. The van der Waals surface area contributed by atoms with Crippen LogP contribution in [0.3, 0.4) is 0 Å². The number of aromatic nitrogens is 2. The van der Waals surface area contributed by atoms with Gasteiger partial charge in [-0.05, 0) is 36.2 Å². The molecule has 2 aromatic heterocycles. The summed E-state index contributed by atoms with van der Waals surface area (Å²) in [6.07, 6.45) is 6.76. The second-order valence-corrected chi connectivity index (χ2v) is 4.53. The molecule has 0 aromatic carbocycles. The van der Waals surface area contributed by atoms with Gasteiger partial charge in [0.1, 0.15) is 5.75 Å². The van der Waals surface area contributed by atoms with E-state index in [1.54, 1.807) is 48.9 Å². The lowest BCUT2D eigenvalue weighted by atomic mass is 10.1. The molecule has 104 valence electrons. The Morgan fingerprint density at radius 3 is 2.75 bits per heavy atom. The highest BCUT2D eigenvalue weighted by Crippen LogP contribution is 2.09. The summed E-state index contributed by atoms with van der Waals surface area (Å²) in [5.41, 5.74) is 2.15. The van der Waals surface area contributed by atoms with E-state index in [1.165, 1.54) is 0 Å². The number of nitrogens with zero attached hydrogens (tertiary/aromatic N) is 3. The van der Waals surface area contributed by atoms with E-state index in [-0.39, 0.29) is 12.5 Å². The van der Waals surface area contributed by atoms with Crippen molar-refractivity contribution in [3.8, 4) is 5.75 Å². The third-order valence-electron chi connectivity index (χ3n) is 2.98. The first-order chi connectivity index (χ1) is 9.66. The molecule has 20 heavy (non-hydrogen) atoms. The van der Waals surface area contributed by atoms with E-state index in [1.807, 2.05) is 13.0 Å². The van der Waals surface area contributed by atoms with Crippen LogP contribution in [0.4, 0.5) is 0 Å². The molecule has 2 aromatic rings. The van der Waals surface area contributed by atoms with Crippen molar-refractivity contribution in [2.45, 2.75) is 13.5 Å². The van der Waals surface area contributed by atoms with E-state index in [0.717, 1.165) is 11.1 Å². The van der Waals surface area contributed by atoms with Gasteiger partial charge < -0.3 is 9.64 Å². The molecular formula is C15H17N3O2. The number of carbonyl (C=O) groups is 1. The van der Waals surface area contributed by atoms with Gasteiger partial charge in [0.15, 0.2) is 6.61 Å². The first-order valence-corrected chi connectivity index (χ1v) is 6.33. The van der Waals surface area contributed by atoms with Crippen molar-refractivity contribution in [1.29, 1.82) is 0 Å². The van der Waals surface area contributed by atoms with Gasteiger partial charge in [0.25, 0.3) is 5.91 Å². The van der Waals surface area contributed by atoms with Gasteiger partial charge in [-0.2, -0.15) is 0 Å². The van der Waals surface area contributed by atoms with Crippen LogP contribution in [0, 0.1) is 6.92 Å². The Bertz CT molecular complexity index is 572. The number of hydrogen-bond donors (Lipinski definition) is 0. The smallest absolute Gasteiger partial charge is 0.260 e. The first kappa shape index (κ1) is 14.0. The Balaban J connectivity index is 1.88. The number of pyridine rings is 2. The zero-order valence-corrected chi connectivity index (χ0v) is 11.6. The average Bonchev–Trinajstić information content (AvgIpc) is 2.48. The summed E-state index contributed by atoms with van der Waals surface area (Å²) in [5, 5.41) is 0. The molecule has 5 nitrogen and oxygen atoms in total. The Hall–Kier alpha value is -2.43. The van der Waals surface area contributed by atoms with Crippen LogP contribution >= 0.6 is 0 Å². The highest BCUT2D eigenvalue weighted by atomic mass is 16.5. The van der Waals surface area contributed by atoms with Crippen LogP contribution in [-0.4, -0.2) is 34.4 Å². The van der Waals surface area contributed by atoms with Crippen LogP contribution in [0.1, 0.15) is 11.1 Å². The Morgan fingerprint density at radius 1 is 1.25 bits per heavy atom. The van der Waals surface area contributed by atoms with Crippen molar-refractivity contribution in [1.82, 2.24) is 14.9 Å². The molecule has 0 spiro atoms. The summed E-state index contributed by atoms with van der Waals surface area (Å²) in [6, 6.07) is 5.47. The molecule has 2 heterocycles. The second-order valence-electron chi connectivity index (χ2n) is 4.53. The number of rotatable bonds is 5. The van der Waals surface area contributed by atoms with Gasteiger partial charge >= 0.3 is 0 Å². The van der Waals surface area contributed by atoms with Gasteiger partial charge in [0.05, 0.1) is 6.20 Å². The van der Waals surface area contributed by atoms with E-state index in [0.29, 0.717) is 12.3 Å². The molecule has 0 aliphatic carbocycles. The summed E-state index contributed by atoms with van der Waals surface area (Å²) in [4.78, 5) is 21.6. The van der Waals surface area contributed by atoms with Crippen molar-refractivity contribution in [2.24, 2.45) is 0 Å². The Kier molecular flexibility index (Phi) is 4.65. The van der Waals surface area contributed by atoms with Crippen LogP contribution in [0.5, 0.6) is 5.75 Å². The zero-order chi connectivity index (χ0) is 14.4. The third-order valence-corrected chi connectivity index (χ3v) is 2.98. The van der Waals surface area contributed by atoms with Crippen molar-refractivity contribution >= 4 is 5.91 Å². The van der Waals surface area contributed by atoms with Crippen LogP contribution in [0.2, 0.25) is 0 Å². The third kappa shape index (κ3) is 3.78. The molecule has 0 unspecified atom stereocenters. The minimum atomic E-state index is -0.0860. The number of hydrogen-bond acceptors (Lipinski definition) is 4. The molecule has 0 radical (unpaired) electrons. The van der Waals surface area contributed by atoms with Gasteiger partial charge in [0.2, 0.25) is 0 Å². The fraction of sp³-hybridized carbons (Fsp3) is 0.267. The van der Waals surface area contributed by atoms with Crippen LogP contribution < -0.4 is 4.74 Å². The molecule has 0 aliphatic heterocycles. The van der Waals surface area contributed by atoms with E-state index in [4.69, 9.17) is 4.74 Å². The van der Waals surface area contributed by atoms with Crippen molar-refractivity contribution in [3.63, 3.8) is 0 Å². The number of likely N-dealkylation sites (N-methyl/N-ethyl adjacent to an activating group) is 1. The van der Waals surface area contributed by atoms with E-state index in [9.17, 15) is 4.79 Å². The fourth-order valence-corrected chi connectivity index (χ4v) is 1.69. The maximum Gasteiger partial charge on any atom is 0.260 e. The van der Waals surface area contributed by atoms with Crippen molar-refractivity contribution in [2.75, 3.05) is 13.7 Å². The molecule has 0 bridgehead atoms. The van der Waals surface area contributed by atoms with Gasteiger partial charge in [-0.1, -0.05) is 0 Å². The van der Waals surface area contributed by atoms with E-state index < -0.39 is 0 Å². The molecule has 2 rings (SSSR count). The molecule has 0 saturated carbocycles. The maximum atomic E-state index is 12.0. The molecule has 0 atom stereocenters. The van der Waals surface area contributed by atoms with E-state index >= 15 is 0 Å². The lowest BCUT2D eigenvalue weighted by Gasteiger charge is -2.18. The highest BCUT2D eigenvalue weighted by molar-refractivity contribution is 5.77. The molecule has 0 N–H and O–H groups in total. The minimum Gasteiger partial charge on any atom is -0.482 e. The van der Waals surface area contributed by atoms with Gasteiger partial charge in [0, 0.05) is 32.2 Å². The monoisotopic (exact) mass is 271 g/mol. The number of ether oxygens (including phenoxy) is 1. The average molecular weight is 271 g/mol. The standard InChI is InChI=1S/C15H17N3O2/c1-12-5-7-17-8-13(12)10-18(2)15(19)11-20-14-4-3-6-16-9-14/h3-9H,10-11H2,1-2H3. The van der Waals surface area contributed by atoms with Crippen molar-refractivity contribution < 1.29 is 9.53 Å². The molecule has 1 amide bonds. The zero-order valence-electron chi connectivity index (χ0n) is 11.6. The predicted octanol–water partition coefficient (Wildman–Crippen LogP) is 1.82. The van der Waals surface area contributed by atoms with Crippen LogP contribution in [0.25, 0.3) is 0 Å². The van der Waals surface area contributed by atoms with Gasteiger partial charge in [-0.25, -0.2) is 0 Å². The molecule has 0 saturated heterocycles. The summed E-state index contributed by atoms with van der Waals surface area (Å²) in [5.74, 6) is 0.504. The number of carbonyl (C=O) groups excluding carboxylic acids is 1. The van der Waals surface area contributed by atoms with Gasteiger partial charge in [-0.15, -0.1) is 0 Å². The van der Waals surface area contributed by atoms with Crippen molar-refractivity contribution in [3.05, 3.63) is 54.1 Å². The van der Waals surface area contributed by atoms with Crippen LogP contribution in [-0.2, 0) is 11.3 Å². The SMILES string of the molecule is Cc1ccncc1CN(C)C(=O)COc1cccnc1. The summed E-state index contributed by atoms with van der Waals surface area (Å²) in [6.45, 7) is 2.53. The fourth-order valence-electron chi connectivity index (χ4n) is 1.69. The van der Waals surface area contributed by atoms with Crippen LogP contribution in [0.15, 0.2) is 43.0 Å². The highest BCUT2D eigenvalue weighted by Gasteiger charge is 2.11. The minimum absolute atomic E-state index is 0.00149. The first-order valence-electron chi connectivity index (χ1n) is 6.33. The Labute approximate surface area is 118 Å². The molecule has 0 fully saturated rings. The number of amides is 1. The summed E-state index contributed by atoms with van der Waals surface area (Å²) >= 11 is 0. The largest absolute Gasteiger partial charge is 0.482 e. The summed E-state index contributed by atoms with van der Waals surface area (Å²) < 4.78 is 5.39. The van der Waals surface area contributed by atoms with E-state index in [2.05, 4.69) is 9.97 Å². The lowest BCUT2D eigenvalue weighted by Crippen LogP contribution is -2.31. The number of aryl methyl sites for hydroxylation is 1. The van der Waals surface area contributed by atoms with Gasteiger partial charge in [-0.3, -0.25) is 14.8 Å². The molecule has 5 heteroatoms. The second kappa shape index (κ2) is 6.65. The lowest BCUT2D eigenvalue weighted by molar-refractivity contribution is -0.132. The predicted molar refractivity (Wildman–Crippen MR) is 75.2 cm³/mol. The molecular weight excluding hydrogens is 254 g/mol. The normalized spacial score (nSPS) is 10.1.